The number of morpholine rings is 1. The molecule has 7 nitrogen and oxygen atoms in total. The molecule has 1 unspecified atom stereocenters. The minimum absolute atomic E-state index is 0.00440. The lowest BCUT2D eigenvalue weighted by Gasteiger charge is -2.31. The Morgan fingerprint density at radius 2 is 2.00 bits per heavy atom. The number of H-pyrrole nitrogens is 1. The molecular weight excluding hydrogens is 338 g/mol. The first kappa shape index (κ1) is 15.9. The van der Waals surface area contributed by atoms with Gasteiger partial charge < -0.3 is 14.2 Å². The van der Waals surface area contributed by atoms with Gasteiger partial charge in [0.25, 0.3) is 5.91 Å². The predicted molar refractivity (Wildman–Crippen MR) is 94.7 cm³/mol. The van der Waals surface area contributed by atoms with Crippen LogP contribution in [0.25, 0.3) is 11.0 Å². The van der Waals surface area contributed by atoms with E-state index >= 15 is 0 Å². The van der Waals surface area contributed by atoms with Crippen LogP contribution in [0.4, 0.5) is 0 Å². The number of rotatable bonds is 3. The fraction of sp³-hybridized carbons (Fsp3) is 0.294. The summed E-state index contributed by atoms with van der Waals surface area (Å²) in [5.74, 6) is -0.00440. The fourth-order valence-corrected chi connectivity index (χ4v) is 3.35. The largest absolute Gasteiger partial charge is 0.378 e. The van der Waals surface area contributed by atoms with Crippen LogP contribution >= 0.6 is 12.2 Å². The van der Waals surface area contributed by atoms with Crippen molar-refractivity contribution in [2.45, 2.75) is 6.04 Å². The number of amides is 1. The molecule has 1 saturated heterocycles. The Morgan fingerprint density at radius 3 is 2.76 bits per heavy atom. The van der Waals surface area contributed by atoms with E-state index in [0.717, 1.165) is 10.9 Å². The summed E-state index contributed by atoms with van der Waals surface area (Å²) in [6, 6.07) is 9.08. The van der Waals surface area contributed by atoms with Gasteiger partial charge in [-0.2, -0.15) is 5.10 Å². The average molecular weight is 355 g/mol. The summed E-state index contributed by atoms with van der Waals surface area (Å²) < 4.78 is 7.65. The highest BCUT2D eigenvalue weighted by Gasteiger charge is 2.29. The number of carbonyl (C=O) groups excluding carboxylic acids is 1. The molecule has 128 valence electrons. The molecule has 0 radical (unpaired) electrons. The number of hydrogen-bond acceptors (Lipinski definition) is 5. The van der Waals surface area contributed by atoms with Gasteiger partial charge in [-0.25, -0.2) is 4.98 Å². The SMILES string of the molecule is O=C(C(c1ccccc1)n1cnc2[nH]ncc2c1=S)N1CCOCC1. The third-order valence-corrected chi connectivity index (χ3v) is 4.78. The topological polar surface area (TPSA) is 76.0 Å². The molecule has 4 rings (SSSR count). The van der Waals surface area contributed by atoms with Crippen molar-refractivity contribution in [1.82, 2.24) is 24.6 Å². The monoisotopic (exact) mass is 355 g/mol. The molecular formula is C17H17N5O2S. The number of ether oxygens (including phenoxy) is 1. The van der Waals surface area contributed by atoms with Crippen molar-refractivity contribution in [3.8, 4) is 0 Å². The number of benzene rings is 1. The van der Waals surface area contributed by atoms with Crippen LogP contribution in [-0.4, -0.2) is 56.9 Å². The number of fused-ring (bicyclic) bond motifs is 1. The molecule has 0 aliphatic carbocycles. The van der Waals surface area contributed by atoms with Gasteiger partial charge in [0.2, 0.25) is 0 Å². The Hall–Kier alpha value is -2.58. The number of aromatic nitrogens is 4. The Morgan fingerprint density at radius 1 is 1.24 bits per heavy atom. The maximum Gasteiger partial charge on any atom is 0.250 e. The highest BCUT2D eigenvalue weighted by molar-refractivity contribution is 7.71. The number of aromatic amines is 1. The molecule has 1 aliphatic heterocycles. The van der Waals surface area contributed by atoms with E-state index in [4.69, 9.17) is 17.0 Å². The minimum atomic E-state index is -0.557. The summed E-state index contributed by atoms with van der Waals surface area (Å²) in [7, 11) is 0. The second-order valence-electron chi connectivity index (χ2n) is 5.84. The van der Waals surface area contributed by atoms with Gasteiger partial charge in [-0.15, -0.1) is 0 Å². The van der Waals surface area contributed by atoms with Crippen LogP contribution < -0.4 is 0 Å². The molecule has 0 bridgehead atoms. The van der Waals surface area contributed by atoms with Crippen molar-refractivity contribution in [2.24, 2.45) is 0 Å². The van der Waals surface area contributed by atoms with Gasteiger partial charge in [0.15, 0.2) is 5.65 Å². The fourth-order valence-electron chi connectivity index (χ4n) is 3.04. The first-order valence-corrected chi connectivity index (χ1v) is 8.48. The summed E-state index contributed by atoms with van der Waals surface area (Å²) in [6.07, 6.45) is 3.25. The molecule has 1 N–H and O–H groups in total. The highest BCUT2D eigenvalue weighted by Crippen LogP contribution is 2.24. The Labute approximate surface area is 149 Å². The molecule has 2 aromatic heterocycles. The molecule has 25 heavy (non-hydrogen) atoms. The molecule has 0 saturated carbocycles. The van der Waals surface area contributed by atoms with Gasteiger partial charge in [-0.1, -0.05) is 42.5 Å². The normalized spacial score (nSPS) is 16.1. The lowest BCUT2D eigenvalue weighted by atomic mass is 10.0. The minimum Gasteiger partial charge on any atom is -0.378 e. The Bertz CT molecular complexity index is 946. The Balaban J connectivity index is 1.83. The van der Waals surface area contributed by atoms with E-state index in [2.05, 4.69) is 15.2 Å². The molecule has 8 heteroatoms. The second kappa shape index (κ2) is 6.73. The van der Waals surface area contributed by atoms with Crippen LogP contribution in [0.15, 0.2) is 42.9 Å². The Kier molecular flexibility index (Phi) is 4.29. The number of nitrogens with zero attached hydrogens (tertiary/aromatic N) is 4. The summed E-state index contributed by atoms with van der Waals surface area (Å²) in [4.78, 5) is 19.5. The van der Waals surface area contributed by atoms with Crippen LogP contribution in [-0.2, 0) is 9.53 Å². The number of nitrogens with one attached hydrogen (secondary N) is 1. The second-order valence-corrected chi connectivity index (χ2v) is 6.23. The molecule has 0 spiro atoms. The van der Waals surface area contributed by atoms with Crippen molar-refractivity contribution >= 4 is 29.2 Å². The zero-order valence-electron chi connectivity index (χ0n) is 13.5. The van der Waals surface area contributed by atoms with Crippen LogP contribution in [0, 0.1) is 4.64 Å². The van der Waals surface area contributed by atoms with Crippen molar-refractivity contribution in [1.29, 1.82) is 0 Å². The standard InChI is InChI=1S/C17H17N5O2S/c23-16(21-6-8-24-9-7-21)14(12-4-2-1-3-5-12)22-11-18-15-13(17(22)25)10-19-20-15/h1-5,10-11,14H,6-9H2,(H,19,20). The molecule has 1 fully saturated rings. The van der Waals surface area contributed by atoms with Gasteiger partial charge in [0.1, 0.15) is 10.7 Å². The molecule has 1 aromatic carbocycles. The zero-order chi connectivity index (χ0) is 17.2. The van der Waals surface area contributed by atoms with Gasteiger partial charge >= 0.3 is 0 Å². The van der Waals surface area contributed by atoms with Crippen molar-refractivity contribution < 1.29 is 9.53 Å². The quantitative estimate of drug-likeness (QED) is 0.727. The van der Waals surface area contributed by atoms with Gasteiger partial charge in [-0.05, 0) is 5.56 Å². The first-order chi connectivity index (χ1) is 12.3. The van der Waals surface area contributed by atoms with E-state index in [1.165, 1.54) is 0 Å². The lowest BCUT2D eigenvalue weighted by molar-refractivity contribution is -0.137. The van der Waals surface area contributed by atoms with Crippen molar-refractivity contribution in [3.05, 3.63) is 53.1 Å². The van der Waals surface area contributed by atoms with Crippen LogP contribution in [0.2, 0.25) is 0 Å². The summed E-state index contributed by atoms with van der Waals surface area (Å²) >= 11 is 5.61. The average Bonchev–Trinajstić information content (AvgIpc) is 3.15. The van der Waals surface area contributed by atoms with E-state index < -0.39 is 6.04 Å². The molecule has 3 heterocycles. The molecule has 3 aromatic rings. The summed E-state index contributed by atoms with van der Waals surface area (Å²) in [5, 5.41) is 7.53. The van der Waals surface area contributed by atoms with Crippen LogP contribution in [0.3, 0.4) is 0 Å². The number of carbonyl (C=O) groups is 1. The predicted octanol–water partition coefficient (Wildman–Crippen LogP) is 1.94. The van der Waals surface area contributed by atoms with Crippen molar-refractivity contribution in [3.63, 3.8) is 0 Å². The first-order valence-electron chi connectivity index (χ1n) is 8.07. The van der Waals surface area contributed by atoms with Crippen LogP contribution in [0.5, 0.6) is 0 Å². The highest BCUT2D eigenvalue weighted by atomic mass is 32.1. The molecule has 1 atom stereocenters. The van der Waals surface area contributed by atoms with Crippen molar-refractivity contribution in [2.75, 3.05) is 26.3 Å². The van der Waals surface area contributed by atoms with E-state index in [0.29, 0.717) is 36.6 Å². The third kappa shape index (κ3) is 2.94. The van der Waals surface area contributed by atoms with Gasteiger partial charge in [0, 0.05) is 13.1 Å². The van der Waals surface area contributed by atoms with Crippen LogP contribution in [0.1, 0.15) is 11.6 Å². The summed E-state index contributed by atoms with van der Waals surface area (Å²) in [5.41, 5.74) is 1.49. The number of hydrogen-bond donors (Lipinski definition) is 1. The van der Waals surface area contributed by atoms with E-state index in [1.807, 2.05) is 35.2 Å². The maximum absolute atomic E-state index is 13.3. The third-order valence-electron chi connectivity index (χ3n) is 4.35. The van der Waals surface area contributed by atoms with E-state index in [1.54, 1.807) is 17.1 Å². The summed E-state index contributed by atoms with van der Waals surface area (Å²) in [6.45, 7) is 2.27. The smallest absolute Gasteiger partial charge is 0.250 e. The van der Waals surface area contributed by atoms with E-state index in [-0.39, 0.29) is 5.91 Å². The van der Waals surface area contributed by atoms with Gasteiger partial charge in [-0.3, -0.25) is 9.89 Å². The maximum atomic E-state index is 13.3. The lowest BCUT2D eigenvalue weighted by Crippen LogP contribution is -2.44. The zero-order valence-corrected chi connectivity index (χ0v) is 14.3. The molecule has 1 aliphatic rings. The van der Waals surface area contributed by atoms with Gasteiger partial charge in [0.05, 0.1) is 31.1 Å². The molecule has 1 amide bonds. The van der Waals surface area contributed by atoms with E-state index in [9.17, 15) is 4.79 Å².